The van der Waals surface area contributed by atoms with Crippen LogP contribution in [0, 0.1) is 0 Å². The van der Waals surface area contributed by atoms with Crippen LogP contribution in [0.3, 0.4) is 0 Å². The van der Waals surface area contributed by atoms with Gasteiger partial charge in [0.2, 0.25) is 5.28 Å². The van der Waals surface area contributed by atoms with Crippen LogP contribution >= 0.6 is 11.6 Å². The lowest BCUT2D eigenvalue weighted by atomic mass is 10.1. The Labute approximate surface area is 172 Å². The smallest absolute Gasteiger partial charge is 0.226 e. The van der Waals surface area contributed by atoms with Gasteiger partial charge in [0.25, 0.3) is 0 Å². The highest BCUT2D eigenvalue weighted by molar-refractivity contribution is 6.28. The molecular weight excluding hydrogens is 402 g/mol. The summed E-state index contributed by atoms with van der Waals surface area (Å²) in [5.74, 6) is -0.322. The van der Waals surface area contributed by atoms with Crippen molar-refractivity contribution in [3.63, 3.8) is 0 Å². The molecule has 29 heavy (non-hydrogen) atoms. The average molecular weight is 426 g/mol. The molecule has 0 unspecified atom stereocenters. The largest absolute Gasteiger partial charge is 0.394 e. The third kappa shape index (κ3) is 3.47. The lowest BCUT2D eigenvalue weighted by Crippen LogP contribution is -2.31. The first-order valence-corrected chi connectivity index (χ1v) is 10.3. The van der Waals surface area contributed by atoms with E-state index in [-0.39, 0.29) is 18.0 Å². The highest BCUT2D eigenvalue weighted by Crippen LogP contribution is 2.43. The number of aromatic nitrogens is 4. The Kier molecular flexibility index (Phi) is 4.88. The van der Waals surface area contributed by atoms with E-state index in [2.05, 4.69) is 20.5 Å². The Morgan fingerprint density at radius 3 is 2.79 bits per heavy atom. The number of hydrogen-bond donors (Lipinski definition) is 2. The Morgan fingerprint density at radius 1 is 1.28 bits per heavy atom. The van der Waals surface area contributed by atoms with Crippen molar-refractivity contribution in [2.75, 3.05) is 12.1 Å². The van der Waals surface area contributed by atoms with E-state index >= 15 is 0 Å². The van der Waals surface area contributed by atoms with Gasteiger partial charge in [-0.3, -0.25) is 4.84 Å². The molecule has 158 valence electrons. The maximum Gasteiger partial charge on any atom is 0.226 e. The summed E-state index contributed by atoms with van der Waals surface area (Å²) in [5.41, 5.74) is 3.41. The normalized spacial score (nSPS) is 31.6. The van der Waals surface area contributed by atoms with E-state index in [9.17, 15) is 5.11 Å². The van der Waals surface area contributed by atoms with Crippen LogP contribution in [0.1, 0.15) is 45.8 Å². The highest BCUT2D eigenvalue weighted by atomic mass is 35.5. The third-order valence-electron chi connectivity index (χ3n) is 5.60. The second-order valence-electron chi connectivity index (χ2n) is 8.11. The number of aliphatic hydroxyl groups excluding tert-OH is 1. The van der Waals surface area contributed by atoms with Gasteiger partial charge >= 0.3 is 0 Å². The minimum atomic E-state index is -0.776. The van der Waals surface area contributed by atoms with Gasteiger partial charge in [0.15, 0.2) is 23.5 Å². The molecule has 2 aliphatic heterocycles. The Hall–Kier alpha value is -1.56. The number of rotatable bonds is 5. The number of halogens is 1. The molecule has 1 aliphatic carbocycles. The summed E-state index contributed by atoms with van der Waals surface area (Å²) in [6.45, 7) is 3.48. The fourth-order valence-corrected chi connectivity index (χ4v) is 4.48. The lowest BCUT2D eigenvalue weighted by molar-refractivity contribution is -0.201. The molecule has 1 saturated carbocycles. The van der Waals surface area contributed by atoms with E-state index in [0.29, 0.717) is 16.9 Å². The molecule has 10 nitrogen and oxygen atoms in total. The zero-order chi connectivity index (χ0) is 20.2. The van der Waals surface area contributed by atoms with Crippen molar-refractivity contribution in [1.29, 1.82) is 0 Å². The van der Waals surface area contributed by atoms with Crippen LogP contribution in [-0.2, 0) is 19.0 Å². The third-order valence-corrected chi connectivity index (χ3v) is 5.77. The van der Waals surface area contributed by atoms with Crippen molar-refractivity contribution in [2.24, 2.45) is 0 Å². The molecule has 3 fully saturated rings. The molecule has 4 atom stereocenters. The lowest BCUT2D eigenvalue weighted by Gasteiger charge is -2.23. The summed E-state index contributed by atoms with van der Waals surface area (Å²) >= 11 is 6.17. The van der Waals surface area contributed by atoms with Crippen molar-refractivity contribution in [3.05, 3.63) is 11.5 Å². The molecule has 3 aliphatic rings. The number of fused-ring (bicyclic) bond motifs is 2. The molecule has 0 amide bonds. The first-order valence-electron chi connectivity index (χ1n) is 9.89. The molecular formula is C18H24ClN5O5. The molecule has 2 aromatic rings. The summed E-state index contributed by atoms with van der Waals surface area (Å²) in [7, 11) is 0. The van der Waals surface area contributed by atoms with E-state index < -0.39 is 30.3 Å². The second kappa shape index (κ2) is 7.29. The fourth-order valence-electron chi connectivity index (χ4n) is 4.31. The predicted molar refractivity (Wildman–Crippen MR) is 102 cm³/mol. The summed E-state index contributed by atoms with van der Waals surface area (Å²) in [5, 5.41) is 14.9. The average Bonchev–Trinajstić information content (AvgIpc) is 3.43. The van der Waals surface area contributed by atoms with Crippen molar-refractivity contribution < 1.29 is 24.2 Å². The molecule has 4 heterocycles. The van der Waals surface area contributed by atoms with Crippen LogP contribution in [0.2, 0.25) is 5.28 Å². The molecule has 2 aromatic heterocycles. The van der Waals surface area contributed by atoms with E-state index in [1.807, 2.05) is 13.8 Å². The fraction of sp³-hybridized carbons (Fsp3) is 0.722. The standard InChI is InChI=1S/C18H24ClN5O5/c1-18(2)27-12-11(8-25)26-16(13(12)28-18)24-15-10(7-20-24)14(21-17(19)22-15)23-29-9-5-3-4-6-9/h7,9,11-13,16,25H,3-6,8H2,1-2H3,(H,21,22,23)/t11-,12-,13-,16-/m1/s1. The zero-order valence-corrected chi connectivity index (χ0v) is 17.0. The van der Waals surface area contributed by atoms with Crippen molar-refractivity contribution in [2.45, 2.75) is 76.0 Å². The van der Waals surface area contributed by atoms with E-state index in [1.165, 1.54) is 0 Å². The first-order chi connectivity index (χ1) is 13.9. The van der Waals surface area contributed by atoms with Gasteiger partial charge in [-0.25, -0.2) is 10.2 Å². The van der Waals surface area contributed by atoms with Crippen molar-refractivity contribution >= 4 is 28.5 Å². The molecule has 5 rings (SSSR count). The van der Waals surface area contributed by atoms with Gasteiger partial charge in [-0.05, 0) is 38.3 Å². The molecule has 0 spiro atoms. The van der Waals surface area contributed by atoms with Gasteiger partial charge < -0.3 is 19.3 Å². The Bertz CT molecular complexity index is 902. The Morgan fingerprint density at radius 2 is 2.03 bits per heavy atom. The highest BCUT2D eigenvalue weighted by Gasteiger charge is 2.56. The van der Waals surface area contributed by atoms with E-state index in [1.54, 1.807) is 10.9 Å². The Balaban J connectivity index is 1.46. The SMILES string of the molecule is CC1(C)O[C@@H]2[C@H](O1)[C@@H](CO)O[C@H]2n1ncc2c(NOC3CCCC3)nc(Cl)nc21. The summed E-state index contributed by atoms with van der Waals surface area (Å²) in [6.07, 6.45) is 4.17. The van der Waals surface area contributed by atoms with E-state index in [4.69, 9.17) is 30.6 Å². The molecule has 0 aromatic carbocycles. The number of hydrogen-bond acceptors (Lipinski definition) is 9. The van der Waals surface area contributed by atoms with Crippen molar-refractivity contribution in [3.8, 4) is 0 Å². The number of nitrogens with zero attached hydrogens (tertiary/aromatic N) is 4. The molecule has 0 radical (unpaired) electrons. The minimum absolute atomic E-state index is 0.0638. The van der Waals surface area contributed by atoms with Gasteiger partial charge in [-0.1, -0.05) is 12.8 Å². The maximum absolute atomic E-state index is 9.71. The number of aliphatic hydroxyl groups is 1. The van der Waals surface area contributed by atoms with Gasteiger partial charge in [-0.2, -0.15) is 15.1 Å². The van der Waals surface area contributed by atoms with Gasteiger partial charge in [0, 0.05) is 0 Å². The minimum Gasteiger partial charge on any atom is -0.394 e. The summed E-state index contributed by atoms with van der Waals surface area (Å²) < 4.78 is 19.5. The molecule has 11 heteroatoms. The van der Waals surface area contributed by atoms with Crippen LogP contribution < -0.4 is 5.48 Å². The first kappa shape index (κ1) is 19.4. The van der Waals surface area contributed by atoms with Crippen LogP contribution in [0.25, 0.3) is 11.0 Å². The van der Waals surface area contributed by atoms with E-state index in [0.717, 1.165) is 25.7 Å². The quantitative estimate of drug-likeness (QED) is 0.549. The number of nitrogens with one attached hydrogen (secondary N) is 1. The van der Waals surface area contributed by atoms with Gasteiger partial charge in [0.05, 0.1) is 24.3 Å². The van der Waals surface area contributed by atoms with Crippen molar-refractivity contribution in [1.82, 2.24) is 19.7 Å². The number of ether oxygens (including phenoxy) is 3. The maximum atomic E-state index is 9.71. The van der Waals surface area contributed by atoms with Crippen LogP contribution in [0.15, 0.2) is 6.20 Å². The zero-order valence-electron chi connectivity index (χ0n) is 16.2. The monoisotopic (exact) mass is 425 g/mol. The summed E-state index contributed by atoms with van der Waals surface area (Å²) in [6, 6.07) is 0. The van der Waals surface area contributed by atoms with Crippen LogP contribution in [0.5, 0.6) is 0 Å². The van der Waals surface area contributed by atoms with Gasteiger partial charge in [-0.15, -0.1) is 0 Å². The van der Waals surface area contributed by atoms with Crippen LogP contribution in [-0.4, -0.2) is 61.7 Å². The number of anilines is 1. The topological polar surface area (TPSA) is 113 Å². The summed E-state index contributed by atoms with van der Waals surface area (Å²) in [4.78, 5) is 14.4. The molecule has 0 bridgehead atoms. The van der Waals surface area contributed by atoms with Crippen LogP contribution in [0.4, 0.5) is 5.82 Å². The molecule has 2 N–H and O–H groups in total. The second-order valence-corrected chi connectivity index (χ2v) is 8.44. The predicted octanol–water partition coefficient (Wildman–Crippen LogP) is 2.18. The van der Waals surface area contributed by atoms with Gasteiger partial charge in [0.1, 0.15) is 18.3 Å². The molecule has 2 saturated heterocycles.